The zero-order valence-corrected chi connectivity index (χ0v) is 13.9. The third-order valence-electron chi connectivity index (χ3n) is 4.45. The van der Waals surface area contributed by atoms with Crippen LogP contribution in [0, 0.1) is 18.3 Å². The Hall–Kier alpha value is -0.340. The van der Waals surface area contributed by atoms with Crippen molar-refractivity contribution < 1.29 is 0 Å². The molecule has 1 heterocycles. The largest absolute Gasteiger partial charge is 0.314 e. The molecule has 2 rings (SSSR count). The van der Waals surface area contributed by atoms with Gasteiger partial charge in [0.2, 0.25) is 0 Å². The molecule has 0 aliphatic heterocycles. The Balaban J connectivity index is 2.12. The molecule has 0 spiro atoms. The molecule has 1 aliphatic rings. The molecule has 1 aromatic rings. The van der Waals surface area contributed by atoms with E-state index in [9.17, 15) is 0 Å². The summed E-state index contributed by atoms with van der Waals surface area (Å²) < 4.78 is 0. The number of thiophene rings is 1. The molecule has 1 aliphatic carbocycles. The van der Waals surface area contributed by atoms with Crippen molar-refractivity contribution in [3.8, 4) is 0 Å². The molecule has 0 aromatic carbocycles. The highest BCUT2D eigenvalue weighted by Gasteiger charge is 2.36. The molecular weight excluding hydrogens is 250 g/mol. The third kappa shape index (κ3) is 4.06. The maximum Gasteiger partial charge on any atom is 0.00824 e. The van der Waals surface area contributed by atoms with Crippen LogP contribution in [0.3, 0.4) is 0 Å². The van der Waals surface area contributed by atoms with Gasteiger partial charge in [0.15, 0.2) is 0 Å². The normalized spacial score (nSPS) is 26.8. The molecule has 1 fully saturated rings. The fourth-order valence-electron chi connectivity index (χ4n) is 3.26. The predicted octanol–water partition coefficient (Wildman–Crippen LogP) is 4.96. The van der Waals surface area contributed by atoms with Gasteiger partial charge in [-0.3, -0.25) is 0 Å². The monoisotopic (exact) mass is 279 g/mol. The topological polar surface area (TPSA) is 12.0 Å². The lowest BCUT2D eigenvalue weighted by Gasteiger charge is -2.41. The van der Waals surface area contributed by atoms with E-state index in [0.29, 0.717) is 11.5 Å². The van der Waals surface area contributed by atoms with Crippen LogP contribution < -0.4 is 5.32 Å². The Bertz CT molecular complexity index is 403. The molecule has 19 heavy (non-hydrogen) atoms. The zero-order chi connectivity index (χ0) is 14.0. The summed E-state index contributed by atoms with van der Waals surface area (Å²) in [6.07, 6.45) is 4.09. The van der Waals surface area contributed by atoms with Crippen molar-refractivity contribution in [3.63, 3.8) is 0 Å². The number of hydrogen-bond acceptors (Lipinski definition) is 2. The highest BCUT2D eigenvalue weighted by molar-refractivity contribution is 7.12. The van der Waals surface area contributed by atoms with Gasteiger partial charge < -0.3 is 5.32 Å². The lowest BCUT2D eigenvalue weighted by Crippen LogP contribution is -2.36. The van der Waals surface area contributed by atoms with Crippen LogP contribution in [0.4, 0.5) is 0 Å². The molecule has 1 saturated carbocycles. The van der Waals surface area contributed by atoms with Gasteiger partial charge in [0.05, 0.1) is 0 Å². The van der Waals surface area contributed by atoms with E-state index >= 15 is 0 Å². The zero-order valence-electron chi connectivity index (χ0n) is 13.1. The lowest BCUT2D eigenvalue weighted by atomic mass is 9.66. The van der Waals surface area contributed by atoms with Crippen LogP contribution in [0.1, 0.15) is 62.6 Å². The fraction of sp³-hybridized carbons (Fsp3) is 0.765. The van der Waals surface area contributed by atoms with Gasteiger partial charge >= 0.3 is 0 Å². The van der Waals surface area contributed by atoms with E-state index in [-0.39, 0.29) is 0 Å². The Kier molecular flexibility index (Phi) is 4.73. The summed E-state index contributed by atoms with van der Waals surface area (Å²) in [6, 6.07) is 5.25. The second-order valence-corrected chi connectivity index (χ2v) is 8.60. The van der Waals surface area contributed by atoms with Gasteiger partial charge in [0.25, 0.3) is 0 Å². The first-order valence-electron chi connectivity index (χ1n) is 7.67. The van der Waals surface area contributed by atoms with Gasteiger partial charge in [0, 0.05) is 15.8 Å². The van der Waals surface area contributed by atoms with E-state index in [1.807, 2.05) is 11.3 Å². The summed E-state index contributed by atoms with van der Waals surface area (Å²) in [5.41, 5.74) is 0.511. The van der Waals surface area contributed by atoms with Crippen LogP contribution in [0.2, 0.25) is 0 Å². The van der Waals surface area contributed by atoms with Crippen molar-refractivity contribution in [3.05, 3.63) is 21.9 Å². The number of rotatable bonds is 4. The fourth-order valence-corrected chi connectivity index (χ4v) is 4.33. The Morgan fingerprint density at radius 3 is 2.68 bits per heavy atom. The summed E-state index contributed by atoms with van der Waals surface area (Å²) in [6.45, 7) is 12.8. The van der Waals surface area contributed by atoms with Crippen molar-refractivity contribution in [1.29, 1.82) is 0 Å². The molecule has 2 unspecified atom stereocenters. The van der Waals surface area contributed by atoms with Gasteiger partial charge in [0.1, 0.15) is 0 Å². The molecule has 0 radical (unpaired) electrons. The van der Waals surface area contributed by atoms with Crippen molar-refractivity contribution in [2.24, 2.45) is 11.3 Å². The second kappa shape index (κ2) is 5.97. The molecule has 1 N–H and O–H groups in total. The Morgan fingerprint density at radius 1 is 1.37 bits per heavy atom. The number of hydrogen-bond donors (Lipinski definition) is 1. The van der Waals surface area contributed by atoms with E-state index in [1.54, 1.807) is 4.88 Å². The molecule has 108 valence electrons. The quantitative estimate of drug-likeness (QED) is 0.821. The predicted molar refractivity (Wildman–Crippen MR) is 86.1 cm³/mol. The maximum atomic E-state index is 3.65. The molecular formula is C17H29NS. The Labute approximate surface area is 122 Å². The Morgan fingerprint density at radius 2 is 2.11 bits per heavy atom. The summed E-state index contributed by atoms with van der Waals surface area (Å²) in [5.74, 6) is 1.57. The van der Waals surface area contributed by atoms with Gasteiger partial charge in [-0.25, -0.2) is 0 Å². The van der Waals surface area contributed by atoms with Crippen LogP contribution in [0.15, 0.2) is 12.1 Å². The maximum absolute atomic E-state index is 3.65. The van der Waals surface area contributed by atoms with Crippen molar-refractivity contribution >= 4 is 11.3 Å². The van der Waals surface area contributed by atoms with E-state index < -0.39 is 0 Å². The second-order valence-electron chi connectivity index (χ2n) is 7.28. The minimum atomic E-state index is 0.511. The summed E-state index contributed by atoms with van der Waals surface area (Å²) in [4.78, 5) is 3.06. The first kappa shape index (κ1) is 15.1. The van der Waals surface area contributed by atoms with Crippen LogP contribution in [-0.4, -0.2) is 12.6 Å². The summed E-state index contributed by atoms with van der Waals surface area (Å²) >= 11 is 2.01. The minimum absolute atomic E-state index is 0.511. The number of aryl methyl sites for hydroxylation is 1. The molecule has 0 bridgehead atoms. The van der Waals surface area contributed by atoms with E-state index in [1.165, 1.54) is 30.7 Å². The van der Waals surface area contributed by atoms with Gasteiger partial charge in [-0.05, 0) is 62.1 Å². The van der Waals surface area contributed by atoms with Crippen LogP contribution >= 0.6 is 11.3 Å². The van der Waals surface area contributed by atoms with Gasteiger partial charge in [-0.1, -0.05) is 27.7 Å². The van der Waals surface area contributed by atoms with E-state index in [2.05, 4.69) is 52.1 Å². The SMILES string of the molecule is Cc1ccc(C2CC(C)(C)CCC2CNC(C)C)s1. The van der Waals surface area contributed by atoms with Crippen molar-refractivity contribution in [2.75, 3.05) is 6.54 Å². The van der Waals surface area contributed by atoms with E-state index in [0.717, 1.165) is 11.8 Å². The molecule has 1 nitrogen and oxygen atoms in total. The first-order valence-corrected chi connectivity index (χ1v) is 8.49. The standard InChI is InChI=1S/C17H29NS/c1-12(2)18-11-14-8-9-17(4,5)10-15(14)16-7-6-13(3)19-16/h6-7,12,14-15,18H,8-11H2,1-5H3. The first-order chi connectivity index (χ1) is 8.87. The molecule has 2 heteroatoms. The van der Waals surface area contributed by atoms with Gasteiger partial charge in [-0.15, -0.1) is 11.3 Å². The van der Waals surface area contributed by atoms with Crippen molar-refractivity contribution in [2.45, 2.75) is 65.8 Å². The molecule has 1 aromatic heterocycles. The van der Waals surface area contributed by atoms with Crippen LogP contribution in [0.25, 0.3) is 0 Å². The average Bonchev–Trinajstić information content (AvgIpc) is 2.73. The third-order valence-corrected chi connectivity index (χ3v) is 5.58. The molecule has 2 atom stereocenters. The van der Waals surface area contributed by atoms with Crippen molar-refractivity contribution in [1.82, 2.24) is 5.32 Å². The molecule has 0 amide bonds. The highest BCUT2D eigenvalue weighted by atomic mass is 32.1. The summed E-state index contributed by atoms with van der Waals surface area (Å²) in [7, 11) is 0. The lowest BCUT2D eigenvalue weighted by molar-refractivity contribution is 0.160. The average molecular weight is 279 g/mol. The number of nitrogens with one attached hydrogen (secondary N) is 1. The minimum Gasteiger partial charge on any atom is -0.314 e. The molecule has 0 saturated heterocycles. The summed E-state index contributed by atoms with van der Waals surface area (Å²) in [5, 5.41) is 3.65. The highest BCUT2D eigenvalue weighted by Crippen LogP contribution is 2.47. The van der Waals surface area contributed by atoms with Crippen LogP contribution in [-0.2, 0) is 0 Å². The van der Waals surface area contributed by atoms with Gasteiger partial charge in [-0.2, -0.15) is 0 Å². The van der Waals surface area contributed by atoms with Crippen LogP contribution in [0.5, 0.6) is 0 Å². The smallest absolute Gasteiger partial charge is 0.00824 e. The van der Waals surface area contributed by atoms with E-state index in [4.69, 9.17) is 0 Å².